The van der Waals surface area contributed by atoms with Crippen molar-refractivity contribution in [1.82, 2.24) is 24.6 Å². The van der Waals surface area contributed by atoms with Crippen molar-refractivity contribution in [2.75, 3.05) is 6.54 Å². The lowest BCUT2D eigenvalue weighted by Gasteiger charge is -2.14. The van der Waals surface area contributed by atoms with E-state index in [4.69, 9.17) is 0 Å². The normalized spacial score (nSPS) is 12.3. The molecule has 0 spiro atoms. The van der Waals surface area contributed by atoms with Crippen molar-refractivity contribution >= 4 is 17.2 Å². The molecular weight excluding hydrogens is 346 g/mol. The summed E-state index contributed by atoms with van der Waals surface area (Å²) < 4.78 is 4.03. The van der Waals surface area contributed by atoms with Crippen LogP contribution in [0, 0.1) is 33.6 Å². The van der Waals surface area contributed by atoms with Crippen LogP contribution >= 0.6 is 11.3 Å². The first-order chi connectivity index (χ1) is 12.4. The van der Waals surface area contributed by atoms with E-state index in [0.29, 0.717) is 18.0 Å². The third-order valence-corrected chi connectivity index (χ3v) is 5.24. The Bertz CT molecular complexity index is 907. The summed E-state index contributed by atoms with van der Waals surface area (Å²) in [7, 11) is 0. The van der Waals surface area contributed by atoms with Crippen LogP contribution in [0.3, 0.4) is 0 Å². The molecule has 0 aliphatic rings. The van der Waals surface area contributed by atoms with Gasteiger partial charge in [0.2, 0.25) is 0 Å². The monoisotopic (exact) mass is 371 g/mol. The van der Waals surface area contributed by atoms with Gasteiger partial charge >= 0.3 is 0 Å². The molecule has 1 amide bonds. The maximum Gasteiger partial charge on any atom is 0.253 e. The van der Waals surface area contributed by atoms with Crippen LogP contribution in [0.25, 0.3) is 5.13 Å². The second kappa shape index (κ2) is 7.45. The van der Waals surface area contributed by atoms with E-state index in [1.807, 2.05) is 41.5 Å². The zero-order chi connectivity index (χ0) is 18.8. The predicted molar refractivity (Wildman–Crippen MR) is 104 cm³/mol. The van der Waals surface area contributed by atoms with Gasteiger partial charge in [0, 0.05) is 41.7 Å². The molecular formula is C19H25N5OS. The van der Waals surface area contributed by atoms with E-state index in [0.717, 1.165) is 34.5 Å². The van der Waals surface area contributed by atoms with Crippen molar-refractivity contribution in [1.29, 1.82) is 0 Å². The van der Waals surface area contributed by atoms with E-state index in [1.165, 1.54) is 0 Å². The van der Waals surface area contributed by atoms with Crippen molar-refractivity contribution in [2.45, 2.75) is 41.2 Å². The Morgan fingerprint density at radius 3 is 2.62 bits per heavy atom. The molecule has 3 aromatic heterocycles. The van der Waals surface area contributed by atoms with Gasteiger partial charge < -0.3 is 5.32 Å². The van der Waals surface area contributed by atoms with Gasteiger partial charge in [-0.1, -0.05) is 6.92 Å². The smallest absolute Gasteiger partial charge is 0.253 e. The molecule has 0 aromatic carbocycles. The lowest BCUT2D eigenvalue weighted by Crippen LogP contribution is -2.30. The van der Waals surface area contributed by atoms with Crippen LogP contribution in [0.1, 0.15) is 40.1 Å². The van der Waals surface area contributed by atoms with E-state index in [2.05, 4.69) is 35.3 Å². The highest BCUT2D eigenvalue weighted by atomic mass is 32.1. The Morgan fingerprint density at radius 1 is 1.23 bits per heavy atom. The minimum atomic E-state index is -0.0406. The number of hydrogen-bond donors (Lipinski definition) is 1. The molecule has 0 saturated carbocycles. The molecule has 1 atom stereocenters. The third-order valence-electron chi connectivity index (χ3n) is 4.49. The number of aryl methyl sites for hydroxylation is 3. The summed E-state index contributed by atoms with van der Waals surface area (Å²) in [4.78, 5) is 17.0. The van der Waals surface area contributed by atoms with Gasteiger partial charge in [0.15, 0.2) is 5.13 Å². The van der Waals surface area contributed by atoms with Gasteiger partial charge in [-0.25, -0.2) is 4.98 Å². The number of nitrogens with one attached hydrogen (secondary N) is 1. The number of thiazole rings is 1. The zero-order valence-electron chi connectivity index (χ0n) is 15.9. The van der Waals surface area contributed by atoms with Crippen LogP contribution in [-0.4, -0.2) is 31.8 Å². The Kier molecular flexibility index (Phi) is 5.27. The number of hydrogen-bond acceptors (Lipinski definition) is 4. The molecule has 0 saturated heterocycles. The van der Waals surface area contributed by atoms with Crippen LogP contribution in [0.2, 0.25) is 0 Å². The quantitative estimate of drug-likeness (QED) is 0.722. The Balaban J connectivity index is 1.65. The van der Waals surface area contributed by atoms with Gasteiger partial charge in [-0.05, 0) is 45.7 Å². The molecule has 0 radical (unpaired) electrons. The average molecular weight is 372 g/mol. The van der Waals surface area contributed by atoms with Gasteiger partial charge in [-0.3, -0.25) is 14.0 Å². The lowest BCUT2D eigenvalue weighted by molar-refractivity contribution is 0.0946. The molecule has 1 N–H and O–H groups in total. The Morgan fingerprint density at radius 2 is 2.00 bits per heavy atom. The first kappa shape index (κ1) is 18.4. The largest absolute Gasteiger partial charge is 0.352 e. The van der Waals surface area contributed by atoms with E-state index in [1.54, 1.807) is 17.5 Å². The fourth-order valence-electron chi connectivity index (χ4n) is 3.20. The number of carbonyl (C=O) groups excluding carboxylic acids is 1. The minimum Gasteiger partial charge on any atom is -0.352 e. The molecule has 0 aliphatic heterocycles. The van der Waals surface area contributed by atoms with Crippen molar-refractivity contribution < 1.29 is 4.79 Å². The fourth-order valence-corrected chi connectivity index (χ4v) is 3.95. The first-order valence-corrected chi connectivity index (χ1v) is 9.63. The molecule has 138 valence electrons. The highest BCUT2D eigenvalue weighted by Crippen LogP contribution is 2.22. The van der Waals surface area contributed by atoms with E-state index in [-0.39, 0.29) is 5.91 Å². The summed E-state index contributed by atoms with van der Waals surface area (Å²) >= 11 is 1.56. The summed E-state index contributed by atoms with van der Waals surface area (Å²) in [5.74, 6) is 0.250. The maximum absolute atomic E-state index is 12.7. The molecule has 26 heavy (non-hydrogen) atoms. The van der Waals surface area contributed by atoms with Crippen LogP contribution in [-0.2, 0) is 6.54 Å². The topological polar surface area (TPSA) is 64.7 Å². The highest BCUT2D eigenvalue weighted by Gasteiger charge is 2.18. The van der Waals surface area contributed by atoms with Gasteiger partial charge in [-0.15, -0.1) is 11.3 Å². The first-order valence-electron chi connectivity index (χ1n) is 8.75. The van der Waals surface area contributed by atoms with Crippen molar-refractivity contribution in [3.05, 3.63) is 52.0 Å². The standard InChI is InChI=1S/C19H25N5OS/c1-12(11-23-14(3)8-13(2)22-23)10-21-18(25)17-9-15(4)24(16(17)5)19-20-6-7-26-19/h6-9,12H,10-11H2,1-5H3,(H,21,25). The van der Waals surface area contributed by atoms with E-state index in [9.17, 15) is 4.79 Å². The Hall–Kier alpha value is -2.41. The molecule has 3 rings (SSSR count). The third kappa shape index (κ3) is 3.72. The second-order valence-corrected chi connectivity index (χ2v) is 7.73. The predicted octanol–water partition coefficient (Wildman–Crippen LogP) is 3.43. The molecule has 1 unspecified atom stereocenters. The Labute approximate surface area is 157 Å². The molecule has 0 bridgehead atoms. The number of amides is 1. The van der Waals surface area contributed by atoms with Crippen LogP contribution in [0.4, 0.5) is 0 Å². The zero-order valence-corrected chi connectivity index (χ0v) is 16.7. The SMILES string of the molecule is Cc1cc(C)n(CC(C)CNC(=O)c2cc(C)n(-c3nccs3)c2C)n1. The molecule has 0 fully saturated rings. The second-order valence-electron chi connectivity index (χ2n) is 6.86. The summed E-state index contributed by atoms with van der Waals surface area (Å²) in [6.07, 6.45) is 1.78. The van der Waals surface area contributed by atoms with Gasteiger partial charge in [0.25, 0.3) is 5.91 Å². The van der Waals surface area contributed by atoms with Crippen LogP contribution < -0.4 is 5.32 Å². The van der Waals surface area contributed by atoms with E-state index < -0.39 is 0 Å². The minimum absolute atomic E-state index is 0.0406. The number of nitrogens with zero attached hydrogens (tertiary/aromatic N) is 4. The van der Waals surface area contributed by atoms with Crippen molar-refractivity contribution in [3.8, 4) is 5.13 Å². The van der Waals surface area contributed by atoms with Gasteiger partial charge in [0.1, 0.15) is 0 Å². The number of rotatable bonds is 6. The average Bonchev–Trinajstić information content (AvgIpc) is 3.26. The van der Waals surface area contributed by atoms with Crippen molar-refractivity contribution in [2.24, 2.45) is 5.92 Å². The molecule has 3 heterocycles. The summed E-state index contributed by atoms with van der Waals surface area (Å²) in [6, 6.07) is 4.00. The van der Waals surface area contributed by atoms with Crippen LogP contribution in [0.5, 0.6) is 0 Å². The van der Waals surface area contributed by atoms with E-state index >= 15 is 0 Å². The molecule has 6 nitrogen and oxygen atoms in total. The maximum atomic E-state index is 12.7. The number of carbonyl (C=O) groups is 1. The van der Waals surface area contributed by atoms with Crippen LogP contribution in [0.15, 0.2) is 23.7 Å². The number of aromatic nitrogens is 4. The van der Waals surface area contributed by atoms with Gasteiger partial charge in [-0.2, -0.15) is 5.10 Å². The lowest BCUT2D eigenvalue weighted by atomic mass is 10.1. The molecule has 3 aromatic rings. The summed E-state index contributed by atoms with van der Waals surface area (Å²) in [5.41, 5.74) is 4.80. The molecule has 7 heteroatoms. The summed E-state index contributed by atoms with van der Waals surface area (Å²) in [6.45, 7) is 11.5. The summed E-state index contributed by atoms with van der Waals surface area (Å²) in [5, 5.41) is 10.4. The van der Waals surface area contributed by atoms with Gasteiger partial charge in [0.05, 0.1) is 11.3 Å². The molecule has 0 aliphatic carbocycles. The van der Waals surface area contributed by atoms with Crippen molar-refractivity contribution in [3.63, 3.8) is 0 Å². The highest BCUT2D eigenvalue weighted by molar-refractivity contribution is 7.12. The fraction of sp³-hybridized carbons (Fsp3) is 0.421.